The summed E-state index contributed by atoms with van der Waals surface area (Å²) in [4.78, 5) is 0. The van der Waals surface area contributed by atoms with Gasteiger partial charge in [0.1, 0.15) is 0 Å². The summed E-state index contributed by atoms with van der Waals surface area (Å²) in [5, 5.41) is 0. The molecule has 0 bridgehead atoms. The molecule has 0 aliphatic heterocycles. The average Bonchev–Trinajstić information content (AvgIpc) is 1.00. The Morgan fingerprint density at radius 2 is 1.20 bits per heavy atom. The van der Waals surface area contributed by atoms with E-state index in [1.807, 2.05) is 0 Å². The Balaban J connectivity index is -0.00000000167. The molecule has 29 valence electrons. The van der Waals surface area contributed by atoms with E-state index in [1.165, 1.54) is 0 Å². The van der Waals surface area contributed by atoms with Crippen molar-refractivity contribution in [2.75, 3.05) is 0 Å². The molecule has 0 spiro atoms. The van der Waals surface area contributed by atoms with Gasteiger partial charge >= 0.3 is 44.5 Å². The Bertz CT molecular complexity index is 11.6. The molecule has 1 radical (unpaired) electrons. The van der Waals surface area contributed by atoms with Crippen LogP contribution < -0.4 is 0 Å². The number of hydrogen-bond acceptors (Lipinski definition) is 1. The van der Waals surface area contributed by atoms with Crippen LogP contribution in [0.2, 0.25) is 0 Å². The number of rotatable bonds is 0. The van der Waals surface area contributed by atoms with Gasteiger partial charge in [0.15, 0.2) is 0 Å². The largest absolute Gasteiger partial charge is 0 e. The van der Waals surface area contributed by atoms with E-state index in [9.17, 15) is 0 Å². The van der Waals surface area contributed by atoms with Crippen LogP contribution in [0, 0.1) is 0 Å². The fourth-order valence-corrected chi connectivity index (χ4v) is 0. The first-order chi connectivity index (χ1) is 1.00. The molecule has 0 aliphatic carbocycles. The molecule has 0 heterocycles. The van der Waals surface area contributed by atoms with Crippen LogP contribution in [0.3, 0.4) is 0 Å². The Morgan fingerprint density at radius 3 is 1.20 bits per heavy atom. The minimum Gasteiger partial charge on any atom is 0 e. The molecule has 5 heavy (non-hydrogen) atoms. The van der Waals surface area contributed by atoms with Gasteiger partial charge in [0.05, 0.1) is 0 Å². The normalized spacial score (nSPS) is 0.600. The summed E-state index contributed by atoms with van der Waals surface area (Å²) in [6.45, 7) is 0. The third-order valence-corrected chi connectivity index (χ3v) is 0. The second-order valence-electron chi connectivity index (χ2n) is 0. The van der Waals surface area contributed by atoms with E-state index in [4.69, 9.17) is 3.80 Å². The Kier molecular flexibility index (Phi) is 168. The van der Waals surface area contributed by atoms with E-state index in [0.29, 0.717) is 16.2 Å². The van der Waals surface area contributed by atoms with Gasteiger partial charge in [-0.3, -0.25) is 0 Å². The zero-order valence-corrected chi connectivity index (χ0v) is 12.5. The Morgan fingerprint density at radius 1 is 1.20 bits per heavy atom. The monoisotopic (exact) mass is 403 g/mol. The van der Waals surface area contributed by atoms with Crippen LogP contribution in [-0.4, -0.2) is 40.7 Å². The first kappa shape index (κ1) is 26.1. The van der Waals surface area contributed by atoms with Gasteiger partial charge in [0.2, 0.25) is 0 Å². The standard InChI is InChI=1S/Al.O.Sb.V.W.4H. The topological polar surface area (TPSA) is 17.1 Å². The van der Waals surface area contributed by atoms with E-state index in [-0.39, 0.29) is 64.0 Å². The molecule has 0 aromatic carbocycles. The summed E-state index contributed by atoms with van der Waals surface area (Å²) >= 11 is 0.611. The van der Waals surface area contributed by atoms with Crippen molar-refractivity contribution in [3.63, 3.8) is 0 Å². The molecule has 1 nitrogen and oxygen atoms in total. The van der Waals surface area contributed by atoms with Crippen LogP contribution in [0.5, 0.6) is 0 Å². The maximum atomic E-state index is 8.28. The zero-order chi connectivity index (χ0) is 2.00. The number of hydrogen-bond donors (Lipinski definition) is 0. The molecule has 0 rings (SSSR count). The maximum Gasteiger partial charge on any atom is 0 e. The predicted octanol–water partition coefficient (Wildman–Crippen LogP) is -1.96. The van der Waals surface area contributed by atoms with Gasteiger partial charge in [-0.2, -0.15) is 0 Å². The SMILES string of the molecule is [O]=[AlH].[SbH3].[V].[W]. The van der Waals surface area contributed by atoms with Gasteiger partial charge in [0.25, 0.3) is 0 Å². The molecule has 0 saturated heterocycles. The predicted molar refractivity (Wildman–Crippen MR) is 17.8 cm³/mol. The fourth-order valence-electron chi connectivity index (χ4n) is 0. The molecule has 0 fully saturated rings. The first-order valence-corrected chi connectivity index (χ1v) is 0.866. The van der Waals surface area contributed by atoms with Crippen molar-refractivity contribution in [2.45, 2.75) is 0 Å². The average molecular weight is 404 g/mol. The van der Waals surface area contributed by atoms with Crippen molar-refractivity contribution in [2.24, 2.45) is 0 Å². The van der Waals surface area contributed by atoms with Crippen molar-refractivity contribution >= 4 is 40.7 Å². The molecule has 0 aromatic rings. The fraction of sp³-hybridized carbons (Fsp3) is 0. The Hall–Kier alpha value is 2.42. The molecular formula is H4AlOSbVW. The van der Waals surface area contributed by atoms with Crippen LogP contribution in [0.1, 0.15) is 0 Å². The molecule has 0 atom stereocenters. The van der Waals surface area contributed by atoms with Crippen LogP contribution in [0.25, 0.3) is 0 Å². The summed E-state index contributed by atoms with van der Waals surface area (Å²) in [5.74, 6) is 0. The molecule has 0 saturated carbocycles. The molecular weight excluding hydrogens is 400 g/mol. The van der Waals surface area contributed by atoms with E-state index in [1.54, 1.807) is 0 Å². The molecule has 0 aliphatic rings. The van der Waals surface area contributed by atoms with Crippen molar-refractivity contribution in [3.8, 4) is 0 Å². The second-order valence-corrected chi connectivity index (χ2v) is 0. The Labute approximate surface area is 82.9 Å². The van der Waals surface area contributed by atoms with E-state index >= 15 is 0 Å². The van der Waals surface area contributed by atoms with Gasteiger partial charge in [-0.25, -0.2) is 0 Å². The molecule has 0 N–H and O–H groups in total. The van der Waals surface area contributed by atoms with Crippen LogP contribution in [-0.2, 0) is 43.4 Å². The van der Waals surface area contributed by atoms with Crippen molar-refractivity contribution < 1.29 is 43.4 Å². The minimum absolute atomic E-state index is 0. The molecule has 0 unspecified atom stereocenters. The summed E-state index contributed by atoms with van der Waals surface area (Å²) < 4.78 is 8.28. The maximum absolute atomic E-state index is 8.28. The van der Waals surface area contributed by atoms with Crippen molar-refractivity contribution in [3.05, 3.63) is 0 Å². The van der Waals surface area contributed by atoms with Crippen LogP contribution in [0.4, 0.5) is 0 Å². The first-order valence-electron chi connectivity index (χ1n) is 0.289. The smallest absolute Gasteiger partial charge is 0 e. The van der Waals surface area contributed by atoms with Crippen molar-refractivity contribution in [1.82, 2.24) is 0 Å². The van der Waals surface area contributed by atoms with E-state index in [2.05, 4.69) is 0 Å². The molecule has 0 amide bonds. The second kappa shape index (κ2) is 32.2. The van der Waals surface area contributed by atoms with Crippen LogP contribution in [0.15, 0.2) is 0 Å². The van der Waals surface area contributed by atoms with Gasteiger partial charge in [-0.15, -0.1) is 0 Å². The van der Waals surface area contributed by atoms with E-state index in [0.717, 1.165) is 0 Å². The summed E-state index contributed by atoms with van der Waals surface area (Å²) in [5.41, 5.74) is 0. The molecule has 0 aromatic heterocycles. The third kappa shape index (κ3) is 21.4. The van der Waals surface area contributed by atoms with Gasteiger partial charge in [-0.1, -0.05) is 0 Å². The van der Waals surface area contributed by atoms with Gasteiger partial charge < -0.3 is 0 Å². The summed E-state index contributed by atoms with van der Waals surface area (Å²) in [6, 6.07) is 0. The zero-order valence-electron chi connectivity index (χ0n) is 2.68. The quantitative estimate of drug-likeness (QED) is 0.430. The van der Waals surface area contributed by atoms with Gasteiger partial charge in [0, 0.05) is 39.6 Å². The third-order valence-electron chi connectivity index (χ3n) is 0. The van der Waals surface area contributed by atoms with Crippen molar-refractivity contribution in [1.29, 1.82) is 0 Å². The minimum atomic E-state index is 0. The van der Waals surface area contributed by atoms with E-state index < -0.39 is 0 Å². The van der Waals surface area contributed by atoms with Crippen LogP contribution >= 0.6 is 0 Å². The van der Waals surface area contributed by atoms with Gasteiger partial charge in [-0.05, 0) is 0 Å². The molecule has 5 heteroatoms. The summed E-state index contributed by atoms with van der Waals surface area (Å²) in [6.07, 6.45) is 0. The summed E-state index contributed by atoms with van der Waals surface area (Å²) in [7, 11) is 0.